The van der Waals surface area contributed by atoms with E-state index in [9.17, 15) is 0 Å². The standard InChI is InChI=1S/C83H72N4O5/c1-8-70(9-2)84-54-79(62-26-18-14-19-27-62)66-34-44-75(45-35-66)89-58-83(59-90-76-46-36-67(37-47-76)80(55-85-71(10-3)11-4)63-28-20-15-21-29-63,60-91-77-48-38-68(39-49-77)81(56-86-72(12-5)13-6)64-30-22-16-23-31-64)61-92-78-50-40-69(41-51-78)82(65-32-24-17-25-33-65)57-87-73-42-52-74(88-7)53-43-73/h8-53H,1,3,5,58-61H2,2,4,6-7H3/b70-9+,71-11+,72-13+. The van der Waals surface area contributed by atoms with Crippen LogP contribution in [0.1, 0.15) is 65.3 Å². The average molecular weight is 1210 g/mol. The van der Waals surface area contributed by atoms with E-state index in [1.54, 1.807) is 25.3 Å². The SMILES string of the molecule is C=C/C(=C\C)N=C=C(c1ccccc1)c1ccc(OCC(COc2ccc(C(=C=N/C(C=C)=C/C)c3ccccc3)cc2)(COc2ccc(C(=C=N/C(C=C)=C/C)c3ccccc3)cc2)COc2ccc(C(=C=Nc3ccc(OC)cc3)c3ccccc3)cc2)cc1. The van der Waals surface area contributed by atoms with E-state index in [0.29, 0.717) is 40.1 Å². The molecule has 9 aromatic carbocycles. The first-order valence-electron chi connectivity index (χ1n) is 30.2. The third-order valence-electron chi connectivity index (χ3n) is 14.8. The van der Waals surface area contributed by atoms with E-state index in [1.807, 2.05) is 282 Å². The molecule has 0 saturated heterocycles. The van der Waals surface area contributed by atoms with E-state index in [4.69, 9.17) is 28.7 Å². The first-order valence-corrected chi connectivity index (χ1v) is 30.2. The van der Waals surface area contributed by atoms with E-state index in [2.05, 4.69) is 58.2 Å². The van der Waals surface area contributed by atoms with Gasteiger partial charge in [0, 0.05) is 0 Å². The van der Waals surface area contributed by atoms with Crippen LogP contribution in [-0.2, 0) is 0 Å². The molecule has 92 heavy (non-hydrogen) atoms. The van der Waals surface area contributed by atoms with Gasteiger partial charge in [-0.3, -0.25) is 0 Å². The van der Waals surface area contributed by atoms with Gasteiger partial charge in [0.05, 0.1) is 52.2 Å². The van der Waals surface area contributed by atoms with Gasteiger partial charge in [0.25, 0.3) is 0 Å². The van der Waals surface area contributed by atoms with Crippen LogP contribution in [0, 0.1) is 5.41 Å². The van der Waals surface area contributed by atoms with Crippen molar-refractivity contribution in [3.05, 3.63) is 360 Å². The summed E-state index contributed by atoms with van der Waals surface area (Å²) in [4.78, 5) is 18.6. The number of ether oxygens (including phenoxy) is 5. The molecule has 0 N–H and O–H groups in total. The molecule has 0 unspecified atom stereocenters. The van der Waals surface area contributed by atoms with Crippen molar-refractivity contribution in [1.29, 1.82) is 0 Å². The molecular weight excluding hydrogens is 1130 g/mol. The molecule has 0 bridgehead atoms. The normalized spacial score (nSPS) is 11.7. The van der Waals surface area contributed by atoms with Gasteiger partial charge in [0.2, 0.25) is 0 Å². The predicted octanol–water partition coefficient (Wildman–Crippen LogP) is 19.3. The molecule has 0 spiro atoms. The summed E-state index contributed by atoms with van der Waals surface area (Å²) in [6.45, 7) is 18.0. The summed E-state index contributed by atoms with van der Waals surface area (Å²) in [5, 5.41) is 0. The topological polar surface area (TPSA) is 95.6 Å². The number of aliphatic imine (C=N–C) groups is 4. The van der Waals surface area contributed by atoms with Crippen LogP contribution >= 0.6 is 0 Å². The third-order valence-corrected chi connectivity index (χ3v) is 14.8. The minimum atomic E-state index is -0.977. The quantitative estimate of drug-likeness (QED) is 0.0360. The Morgan fingerprint density at radius 1 is 0.326 bits per heavy atom. The fourth-order valence-electron chi connectivity index (χ4n) is 9.49. The summed E-state index contributed by atoms with van der Waals surface area (Å²) < 4.78 is 33.0. The zero-order valence-electron chi connectivity index (χ0n) is 52.3. The maximum absolute atomic E-state index is 6.92. The van der Waals surface area contributed by atoms with Gasteiger partial charge in [0.15, 0.2) is 0 Å². The second-order valence-electron chi connectivity index (χ2n) is 21.1. The number of methoxy groups -OCH3 is 1. The van der Waals surface area contributed by atoms with Gasteiger partial charge in [-0.15, -0.1) is 0 Å². The van der Waals surface area contributed by atoms with Crippen LogP contribution in [0.2, 0.25) is 0 Å². The molecule has 0 heterocycles. The Balaban J connectivity index is 1.10. The van der Waals surface area contributed by atoms with E-state index in [0.717, 1.165) is 78.2 Å². The Kier molecular flexibility index (Phi) is 23.6. The summed E-state index contributed by atoms with van der Waals surface area (Å²) in [5.41, 5.74) is 12.6. The molecule has 9 nitrogen and oxygen atoms in total. The first kappa shape index (κ1) is 64.7. The second kappa shape index (κ2) is 33.5. The molecule has 0 saturated carbocycles. The van der Waals surface area contributed by atoms with Crippen LogP contribution in [0.4, 0.5) is 5.69 Å². The lowest BCUT2D eigenvalue weighted by molar-refractivity contribution is -0.00352. The van der Waals surface area contributed by atoms with Gasteiger partial charge < -0.3 is 23.7 Å². The lowest BCUT2D eigenvalue weighted by Gasteiger charge is -2.33. The van der Waals surface area contributed by atoms with Crippen LogP contribution < -0.4 is 23.7 Å². The summed E-state index contributed by atoms with van der Waals surface area (Å²) in [6.07, 6.45) is 10.8. The smallest absolute Gasteiger partial charge is 0.119 e. The highest BCUT2D eigenvalue weighted by Crippen LogP contribution is 2.32. The fourth-order valence-corrected chi connectivity index (χ4v) is 9.49. The van der Waals surface area contributed by atoms with Crippen molar-refractivity contribution in [2.75, 3.05) is 33.5 Å². The van der Waals surface area contributed by atoms with E-state index in [-0.39, 0.29) is 26.4 Å². The van der Waals surface area contributed by atoms with Crippen molar-refractivity contribution < 1.29 is 23.7 Å². The largest absolute Gasteiger partial charge is 0.497 e. The molecule has 0 aliphatic rings. The lowest BCUT2D eigenvalue weighted by Crippen LogP contribution is -2.45. The monoisotopic (exact) mass is 1200 g/mol. The number of rotatable bonds is 28. The molecule has 0 aliphatic carbocycles. The molecule has 454 valence electrons. The van der Waals surface area contributed by atoms with Crippen LogP contribution in [0.5, 0.6) is 28.7 Å². The number of nitrogens with zero attached hydrogens (tertiary/aromatic N) is 4. The van der Waals surface area contributed by atoms with Crippen LogP contribution in [0.25, 0.3) is 22.3 Å². The molecule has 0 atom stereocenters. The fraction of sp³-hybridized carbons (Fsp3) is 0.108. The van der Waals surface area contributed by atoms with Crippen molar-refractivity contribution in [2.45, 2.75) is 20.8 Å². The van der Waals surface area contributed by atoms with Gasteiger partial charge in [0.1, 0.15) is 60.6 Å². The molecule has 0 amide bonds. The first-order chi connectivity index (χ1) is 45.2. The zero-order chi connectivity index (χ0) is 64.2. The van der Waals surface area contributed by atoms with Crippen molar-refractivity contribution in [3.8, 4) is 28.7 Å². The highest BCUT2D eigenvalue weighted by atomic mass is 16.5. The Labute approximate surface area is 541 Å². The van der Waals surface area contributed by atoms with E-state index >= 15 is 0 Å². The van der Waals surface area contributed by atoms with Crippen LogP contribution in [-0.4, -0.2) is 57.0 Å². The second-order valence-corrected chi connectivity index (χ2v) is 21.1. The molecular formula is C83H72N4O5. The van der Waals surface area contributed by atoms with Crippen molar-refractivity contribution in [1.82, 2.24) is 0 Å². The molecule has 0 radical (unpaired) electrons. The van der Waals surface area contributed by atoms with Gasteiger partial charge in [-0.05, 0) is 228 Å². The van der Waals surface area contributed by atoms with E-state index in [1.165, 1.54) is 0 Å². The van der Waals surface area contributed by atoms with Gasteiger partial charge in [-0.25, -0.2) is 20.0 Å². The minimum absolute atomic E-state index is 0.108. The average Bonchev–Trinajstić information content (AvgIpc) is 1.57. The van der Waals surface area contributed by atoms with Crippen molar-refractivity contribution in [3.63, 3.8) is 0 Å². The highest BCUT2D eigenvalue weighted by Gasteiger charge is 2.36. The number of hydrogen-bond donors (Lipinski definition) is 0. The molecule has 0 fully saturated rings. The van der Waals surface area contributed by atoms with Gasteiger partial charge >= 0.3 is 0 Å². The third kappa shape index (κ3) is 18.2. The Bertz CT molecular complexity index is 3990. The van der Waals surface area contributed by atoms with Crippen molar-refractivity contribution >= 4 is 51.5 Å². The van der Waals surface area contributed by atoms with Crippen molar-refractivity contribution in [2.24, 2.45) is 25.4 Å². The molecule has 9 heteroatoms. The molecule has 9 aromatic rings. The highest BCUT2D eigenvalue weighted by molar-refractivity contribution is 6.01. The number of hydrogen-bond acceptors (Lipinski definition) is 9. The number of allylic oxidation sites excluding steroid dienone is 6. The molecule has 0 aliphatic heterocycles. The summed E-state index contributed by atoms with van der Waals surface area (Å²) >= 11 is 0. The summed E-state index contributed by atoms with van der Waals surface area (Å²) in [6, 6.07) is 79.6. The lowest BCUT2D eigenvalue weighted by atomic mass is 9.91. The van der Waals surface area contributed by atoms with Crippen LogP contribution in [0.3, 0.4) is 0 Å². The minimum Gasteiger partial charge on any atom is -0.497 e. The zero-order valence-corrected chi connectivity index (χ0v) is 52.3. The summed E-state index contributed by atoms with van der Waals surface area (Å²) in [5.74, 6) is 16.5. The van der Waals surface area contributed by atoms with Crippen LogP contribution in [0.15, 0.2) is 336 Å². The maximum Gasteiger partial charge on any atom is 0.119 e. The van der Waals surface area contributed by atoms with E-state index < -0.39 is 5.41 Å². The summed E-state index contributed by atoms with van der Waals surface area (Å²) in [7, 11) is 1.64. The van der Waals surface area contributed by atoms with Gasteiger partial charge in [-0.2, -0.15) is 0 Å². The maximum atomic E-state index is 6.92. The Morgan fingerprint density at radius 3 is 0.804 bits per heavy atom. The Hall–Kier alpha value is -11.8. The van der Waals surface area contributed by atoms with Gasteiger partial charge in [-0.1, -0.05) is 159 Å². The number of benzene rings is 9. The predicted molar refractivity (Wildman–Crippen MR) is 380 cm³/mol. The molecule has 9 rings (SSSR count). The Morgan fingerprint density at radius 2 is 0.565 bits per heavy atom. The molecule has 0 aromatic heterocycles.